The van der Waals surface area contributed by atoms with Gasteiger partial charge in [0.25, 0.3) is 0 Å². The number of carbonyl (C=O) groups excluding carboxylic acids is 1. The molecule has 0 saturated heterocycles. The molecule has 34 heavy (non-hydrogen) atoms. The van der Waals surface area contributed by atoms with Gasteiger partial charge in [-0.1, -0.05) is 111 Å². The molecular weight excluding hydrogens is 414 g/mol. The van der Waals surface area contributed by atoms with E-state index in [2.05, 4.69) is 58.1 Å². The number of carbonyl (C=O) groups is 1. The van der Waals surface area contributed by atoms with Crippen LogP contribution < -0.4 is 5.32 Å². The van der Waals surface area contributed by atoms with Crippen molar-refractivity contribution >= 4 is 5.91 Å². The van der Waals surface area contributed by atoms with Crippen LogP contribution >= 0.6 is 0 Å². The molecule has 0 heterocycles. The second kappa shape index (κ2) is 12.6. The lowest BCUT2D eigenvalue weighted by Gasteiger charge is -2.55. The molecule has 3 atom stereocenters. The van der Waals surface area contributed by atoms with Crippen LogP contribution in [0.15, 0.2) is 18.2 Å². The predicted molar refractivity (Wildman–Crippen MR) is 147 cm³/mol. The lowest BCUT2D eigenvalue weighted by atomic mass is 9.49. The molecule has 192 valence electrons. The quantitative estimate of drug-likeness (QED) is 0.288. The maximum Gasteiger partial charge on any atom is 0.220 e. The molecule has 1 aromatic carbocycles. The smallest absolute Gasteiger partial charge is 0.220 e. The number of hydrogen-bond acceptors (Lipinski definition) is 1. The van der Waals surface area contributed by atoms with Crippen LogP contribution in [0.4, 0.5) is 0 Å². The van der Waals surface area contributed by atoms with Gasteiger partial charge in [-0.3, -0.25) is 4.79 Å². The molecule has 2 aliphatic carbocycles. The largest absolute Gasteiger partial charge is 0.356 e. The van der Waals surface area contributed by atoms with Crippen LogP contribution in [0.25, 0.3) is 0 Å². The van der Waals surface area contributed by atoms with Gasteiger partial charge in [-0.05, 0) is 71.5 Å². The minimum atomic E-state index is 0.204. The molecule has 3 rings (SSSR count). The second-order valence-corrected chi connectivity index (χ2v) is 12.4. The number of nitrogens with one attached hydrogen (secondary N) is 1. The number of hydrogen-bond donors (Lipinski definition) is 1. The van der Waals surface area contributed by atoms with Crippen molar-refractivity contribution in [1.82, 2.24) is 5.32 Å². The Morgan fingerprint density at radius 3 is 2.35 bits per heavy atom. The number of amides is 1. The molecule has 2 nitrogen and oxygen atoms in total. The van der Waals surface area contributed by atoms with E-state index in [1.54, 1.807) is 11.1 Å². The maximum atomic E-state index is 12.7. The van der Waals surface area contributed by atoms with Crippen molar-refractivity contribution in [3.63, 3.8) is 0 Å². The van der Waals surface area contributed by atoms with Crippen LogP contribution in [0.1, 0.15) is 147 Å². The summed E-state index contributed by atoms with van der Waals surface area (Å²) in [5.41, 5.74) is 5.11. The Kier molecular flexibility index (Phi) is 10.1. The average Bonchev–Trinajstić information content (AvgIpc) is 2.81. The number of fused-ring (bicyclic) bond motifs is 3. The van der Waals surface area contributed by atoms with Gasteiger partial charge in [0.1, 0.15) is 0 Å². The number of unbranched alkanes of at least 4 members (excludes halogenated alkanes) is 8. The Hall–Kier alpha value is -1.31. The SMILES string of the molecule is CCCCCCCCCCCC(=O)NCC1(C)CCCC2(C)c3ccc(C(C)C)cc3CCC12. The van der Waals surface area contributed by atoms with E-state index in [1.165, 1.54) is 89.0 Å². The highest BCUT2D eigenvalue weighted by Crippen LogP contribution is 2.57. The molecule has 0 aromatic heterocycles. The summed E-state index contributed by atoms with van der Waals surface area (Å²) in [5, 5.41) is 3.38. The van der Waals surface area contributed by atoms with Crippen LogP contribution in [0, 0.1) is 11.3 Å². The normalized spacial score (nSPS) is 26.2. The lowest BCUT2D eigenvalue weighted by molar-refractivity contribution is -0.122. The molecule has 1 fully saturated rings. The zero-order valence-corrected chi connectivity index (χ0v) is 23.1. The molecule has 0 radical (unpaired) electrons. The Morgan fingerprint density at radius 2 is 1.68 bits per heavy atom. The first kappa shape index (κ1) is 27.3. The monoisotopic (exact) mass is 467 g/mol. The molecule has 0 spiro atoms. The average molecular weight is 468 g/mol. The van der Waals surface area contributed by atoms with Crippen molar-refractivity contribution in [3.8, 4) is 0 Å². The number of benzene rings is 1. The lowest BCUT2D eigenvalue weighted by Crippen LogP contribution is -2.53. The Balaban J connectivity index is 1.47. The molecule has 0 bridgehead atoms. The Bertz CT molecular complexity index is 783. The van der Waals surface area contributed by atoms with E-state index in [0.29, 0.717) is 18.3 Å². The highest BCUT2D eigenvalue weighted by molar-refractivity contribution is 5.75. The summed E-state index contributed by atoms with van der Waals surface area (Å²) in [6.45, 7) is 12.7. The third-order valence-corrected chi connectivity index (χ3v) is 9.36. The molecule has 1 N–H and O–H groups in total. The molecule has 2 heteroatoms. The highest BCUT2D eigenvalue weighted by Gasteiger charge is 2.51. The van der Waals surface area contributed by atoms with E-state index in [4.69, 9.17) is 0 Å². The third kappa shape index (κ3) is 6.67. The van der Waals surface area contributed by atoms with Crippen molar-refractivity contribution < 1.29 is 4.79 Å². The van der Waals surface area contributed by atoms with Crippen molar-refractivity contribution in [1.29, 1.82) is 0 Å². The topological polar surface area (TPSA) is 29.1 Å². The molecule has 2 aliphatic rings. The first-order valence-corrected chi connectivity index (χ1v) is 14.7. The zero-order chi connectivity index (χ0) is 24.6. The van der Waals surface area contributed by atoms with Gasteiger partial charge in [0.05, 0.1) is 0 Å². The van der Waals surface area contributed by atoms with Crippen molar-refractivity contribution in [3.05, 3.63) is 34.9 Å². The van der Waals surface area contributed by atoms with Gasteiger partial charge in [-0.15, -0.1) is 0 Å². The van der Waals surface area contributed by atoms with Gasteiger partial charge in [0.15, 0.2) is 0 Å². The summed E-state index contributed by atoms with van der Waals surface area (Å²) in [6, 6.07) is 7.31. The second-order valence-electron chi connectivity index (χ2n) is 12.4. The third-order valence-electron chi connectivity index (χ3n) is 9.36. The summed E-state index contributed by atoms with van der Waals surface area (Å²) < 4.78 is 0. The first-order valence-electron chi connectivity index (χ1n) is 14.7. The van der Waals surface area contributed by atoms with Crippen molar-refractivity contribution in [2.24, 2.45) is 11.3 Å². The highest BCUT2D eigenvalue weighted by atomic mass is 16.1. The number of rotatable bonds is 13. The van der Waals surface area contributed by atoms with Gasteiger partial charge in [0, 0.05) is 13.0 Å². The summed E-state index contributed by atoms with van der Waals surface area (Å²) in [6.07, 6.45) is 18.7. The summed E-state index contributed by atoms with van der Waals surface area (Å²) in [5.74, 6) is 1.52. The van der Waals surface area contributed by atoms with Crippen LogP contribution in [0.2, 0.25) is 0 Å². The minimum Gasteiger partial charge on any atom is -0.356 e. The molecular formula is C32H53NO. The molecule has 3 unspecified atom stereocenters. The van der Waals surface area contributed by atoms with Crippen LogP contribution in [0.3, 0.4) is 0 Å². The fourth-order valence-electron chi connectivity index (χ4n) is 7.20. The van der Waals surface area contributed by atoms with Crippen molar-refractivity contribution in [2.75, 3.05) is 6.54 Å². The standard InChI is InChI=1S/C32H53NO/c1-6-7-8-9-10-11-12-13-14-16-30(34)33-24-31(4)21-15-22-32(5)28-19-17-26(25(2)3)23-27(28)18-20-29(31)32/h17,19,23,25,29H,6-16,18,20-22,24H2,1-5H3,(H,33,34). The molecule has 1 aromatic rings. The maximum absolute atomic E-state index is 12.7. The predicted octanol–water partition coefficient (Wildman–Crippen LogP) is 8.86. The van der Waals surface area contributed by atoms with Gasteiger partial charge >= 0.3 is 0 Å². The van der Waals surface area contributed by atoms with Gasteiger partial charge in [-0.25, -0.2) is 0 Å². The van der Waals surface area contributed by atoms with E-state index in [1.807, 2.05) is 0 Å². The Morgan fingerprint density at radius 1 is 1.00 bits per heavy atom. The molecule has 1 amide bonds. The molecule has 1 saturated carbocycles. The van der Waals surface area contributed by atoms with Gasteiger partial charge in [0.2, 0.25) is 5.91 Å². The number of aryl methyl sites for hydroxylation is 1. The Labute approximate surface area is 211 Å². The summed E-state index contributed by atoms with van der Waals surface area (Å²) in [4.78, 5) is 12.7. The van der Waals surface area contributed by atoms with Gasteiger partial charge in [-0.2, -0.15) is 0 Å². The zero-order valence-electron chi connectivity index (χ0n) is 23.1. The van der Waals surface area contributed by atoms with E-state index in [-0.39, 0.29) is 16.7 Å². The van der Waals surface area contributed by atoms with E-state index >= 15 is 0 Å². The van der Waals surface area contributed by atoms with E-state index in [9.17, 15) is 4.79 Å². The fourth-order valence-corrected chi connectivity index (χ4v) is 7.20. The van der Waals surface area contributed by atoms with Crippen molar-refractivity contribution in [2.45, 2.75) is 142 Å². The minimum absolute atomic E-state index is 0.204. The summed E-state index contributed by atoms with van der Waals surface area (Å²) in [7, 11) is 0. The van der Waals surface area contributed by atoms with Crippen LogP contribution in [0.5, 0.6) is 0 Å². The first-order chi connectivity index (χ1) is 16.3. The summed E-state index contributed by atoms with van der Waals surface area (Å²) >= 11 is 0. The van der Waals surface area contributed by atoms with Crippen LogP contribution in [-0.4, -0.2) is 12.5 Å². The van der Waals surface area contributed by atoms with Crippen LogP contribution in [-0.2, 0) is 16.6 Å². The van der Waals surface area contributed by atoms with Gasteiger partial charge < -0.3 is 5.32 Å². The fraction of sp³-hybridized carbons (Fsp3) is 0.781. The molecule has 0 aliphatic heterocycles. The van der Waals surface area contributed by atoms with E-state index in [0.717, 1.165) is 13.0 Å². The van der Waals surface area contributed by atoms with E-state index < -0.39 is 0 Å².